The zero-order chi connectivity index (χ0) is 14.3. The fourth-order valence-electron chi connectivity index (χ4n) is 0.993. The normalized spacial score (nSPS) is 9.78. The Balaban J connectivity index is 0.000000494. The standard InChI is InChI=1S/C8H7N3O2.H3O4P/c1-6(10-9)7-4-2-3-5-8(7)11(12)13;1-5(2,3)4/h2-5H,1H3;(H3,1,2,3,4). The van der Waals surface area contributed by atoms with E-state index < -0.39 is 12.7 Å². The summed E-state index contributed by atoms with van der Waals surface area (Å²) >= 11 is 0. The van der Waals surface area contributed by atoms with Crippen LogP contribution in [0.5, 0.6) is 0 Å². The predicted molar refractivity (Wildman–Crippen MR) is 60.8 cm³/mol. The summed E-state index contributed by atoms with van der Waals surface area (Å²) in [4.78, 5) is 34.5. The molecule has 0 aromatic heterocycles. The molecule has 0 aliphatic carbocycles. The van der Waals surface area contributed by atoms with Gasteiger partial charge in [0.15, 0.2) is 0 Å². The van der Waals surface area contributed by atoms with Crippen LogP contribution in [-0.2, 0) is 4.57 Å². The first-order valence-electron chi connectivity index (χ1n) is 4.37. The van der Waals surface area contributed by atoms with Crippen LogP contribution in [0.1, 0.15) is 12.5 Å². The minimum Gasteiger partial charge on any atom is -0.361 e. The lowest BCUT2D eigenvalue weighted by atomic mass is 10.1. The number of nitrogens with zero attached hydrogens (tertiary/aromatic N) is 3. The van der Waals surface area contributed by atoms with Crippen molar-refractivity contribution in [2.45, 2.75) is 6.92 Å². The van der Waals surface area contributed by atoms with E-state index in [0.717, 1.165) is 0 Å². The van der Waals surface area contributed by atoms with Crippen molar-refractivity contribution in [3.8, 4) is 0 Å². The lowest BCUT2D eigenvalue weighted by Crippen LogP contribution is -2.01. The number of benzene rings is 1. The molecule has 0 saturated heterocycles. The van der Waals surface area contributed by atoms with Crippen LogP contribution in [0.25, 0.3) is 5.53 Å². The minimum atomic E-state index is -4.64. The Labute approximate surface area is 101 Å². The summed E-state index contributed by atoms with van der Waals surface area (Å²) in [5.74, 6) is 0. The van der Waals surface area contributed by atoms with Crippen LogP contribution in [0.2, 0.25) is 0 Å². The summed E-state index contributed by atoms with van der Waals surface area (Å²) in [5.41, 5.74) is 8.96. The number of para-hydroxylation sites is 1. The Bertz CT molecular complexity index is 525. The highest BCUT2D eigenvalue weighted by molar-refractivity contribution is 7.45. The van der Waals surface area contributed by atoms with Crippen LogP contribution in [-0.4, -0.2) is 30.1 Å². The van der Waals surface area contributed by atoms with Crippen molar-refractivity contribution in [2.24, 2.45) is 0 Å². The molecule has 0 spiro atoms. The van der Waals surface area contributed by atoms with Gasteiger partial charge in [-0.1, -0.05) is 12.1 Å². The van der Waals surface area contributed by atoms with E-state index >= 15 is 0 Å². The molecule has 3 N–H and O–H groups in total. The molecular weight excluding hydrogens is 265 g/mol. The van der Waals surface area contributed by atoms with Crippen LogP contribution in [0, 0.1) is 10.1 Å². The zero-order valence-corrected chi connectivity index (χ0v) is 10.1. The molecule has 1 aromatic rings. The Kier molecular flexibility index (Phi) is 6.04. The molecule has 0 fully saturated rings. The van der Waals surface area contributed by atoms with Crippen LogP contribution in [0.3, 0.4) is 0 Å². The van der Waals surface area contributed by atoms with Crippen molar-refractivity contribution < 1.29 is 29.0 Å². The van der Waals surface area contributed by atoms with Gasteiger partial charge in [0.05, 0.1) is 4.92 Å². The van der Waals surface area contributed by atoms with E-state index in [1.54, 1.807) is 12.1 Å². The fourth-order valence-corrected chi connectivity index (χ4v) is 0.993. The van der Waals surface area contributed by atoms with Gasteiger partial charge in [0, 0.05) is 13.0 Å². The molecule has 0 aliphatic heterocycles. The van der Waals surface area contributed by atoms with Gasteiger partial charge in [0.2, 0.25) is 0 Å². The number of hydrogen-bond donors (Lipinski definition) is 3. The summed E-state index contributed by atoms with van der Waals surface area (Å²) in [7, 11) is -4.64. The van der Waals surface area contributed by atoms with E-state index in [9.17, 15) is 10.1 Å². The summed E-state index contributed by atoms with van der Waals surface area (Å²) in [5, 5.41) is 10.5. The molecule has 0 atom stereocenters. The monoisotopic (exact) mass is 275 g/mol. The van der Waals surface area contributed by atoms with E-state index in [4.69, 9.17) is 24.8 Å². The van der Waals surface area contributed by atoms with Gasteiger partial charge < -0.3 is 20.2 Å². The van der Waals surface area contributed by atoms with E-state index in [-0.39, 0.29) is 11.4 Å². The molecule has 0 bridgehead atoms. The Morgan fingerprint density at radius 1 is 1.39 bits per heavy atom. The zero-order valence-electron chi connectivity index (χ0n) is 9.16. The Hall–Kier alpha value is -1.89. The average molecular weight is 275 g/mol. The van der Waals surface area contributed by atoms with Crippen molar-refractivity contribution in [1.29, 1.82) is 0 Å². The quantitative estimate of drug-likeness (QED) is 0.180. The fraction of sp³-hybridized carbons (Fsp3) is 0.125. The molecule has 0 aliphatic rings. The molecule has 0 saturated carbocycles. The molecule has 1 aromatic carbocycles. The highest BCUT2D eigenvalue weighted by Gasteiger charge is 2.18. The molecule has 0 radical (unpaired) electrons. The second kappa shape index (κ2) is 6.75. The van der Waals surface area contributed by atoms with Gasteiger partial charge in [-0.25, -0.2) is 4.57 Å². The molecule has 10 heteroatoms. The minimum absolute atomic E-state index is 0.0576. The van der Waals surface area contributed by atoms with Crippen LogP contribution < -0.4 is 0 Å². The van der Waals surface area contributed by atoms with Crippen molar-refractivity contribution in [3.63, 3.8) is 0 Å². The van der Waals surface area contributed by atoms with Crippen LogP contribution in [0.15, 0.2) is 24.3 Å². The number of hydrogen-bond acceptors (Lipinski definition) is 3. The smallest absolute Gasteiger partial charge is 0.361 e. The van der Waals surface area contributed by atoms with Gasteiger partial charge in [-0.3, -0.25) is 10.1 Å². The van der Waals surface area contributed by atoms with Gasteiger partial charge in [0.1, 0.15) is 5.56 Å². The highest BCUT2D eigenvalue weighted by Crippen LogP contribution is 2.25. The summed E-state index contributed by atoms with van der Waals surface area (Å²) in [6.07, 6.45) is 0. The lowest BCUT2D eigenvalue weighted by Gasteiger charge is -1.93. The van der Waals surface area contributed by atoms with Crippen molar-refractivity contribution in [3.05, 3.63) is 45.5 Å². The molecule has 18 heavy (non-hydrogen) atoms. The van der Waals surface area contributed by atoms with Gasteiger partial charge >= 0.3 is 13.5 Å². The Morgan fingerprint density at radius 2 is 1.83 bits per heavy atom. The second-order valence-corrected chi connectivity index (χ2v) is 4.00. The SMILES string of the molecule is CC(=[N+]=[N-])c1ccccc1[N+](=O)[O-].O=P(O)(O)O. The number of nitro benzene ring substituents is 1. The van der Waals surface area contributed by atoms with Crippen molar-refractivity contribution in [1.82, 2.24) is 0 Å². The lowest BCUT2D eigenvalue weighted by molar-refractivity contribution is -0.385. The maximum absolute atomic E-state index is 10.5. The first-order chi connectivity index (χ1) is 8.16. The summed E-state index contributed by atoms with van der Waals surface area (Å²) in [6, 6.07) is 6.11. The van der Waals surface area contributed by atoms with Gasteiger partial charge in [0.25, 0.3) is 5.69 Å². The first-order valence-corrected chi connectivity index (χ1v) is 5.94. The van der Waals surface area contributed by atoms with E-state index in [0.29, 0.717) is 5.56 Å². The highest BCUT2D eigenvalue weighted by atomic mass is 31.2. The molecule has 0 heterocycles. The van der Waals surface area contributed by atoms with E-state index in [1.807, 2.05) is 0 Å². The Morgan fingerprint density at radius 3 is 2.22 bits per heavy atom. The van der Waals surface area contributed by atoms with Crippen LogP contribution >= 0.6 is 7.82 Å². The van der Waals surface area contributed by atoms with Gasteiger partial charge in [-0.05, 0) is 6.07 Å². The largest absolute Gasteiger partial charge is 0.466 e. The molecule has 98 valence electrons. The molecular formula is C8H10N3O6P. The van der Waals surface area contributed by atoms with Crippen molar-refractivity contribution in [2.75, 3.05) is 0 Å². The van der Waals surface area contributed by atoms with Gasteiger partial charge in [-0.2, -0.15) is 4.79 Å². The number of rotatable bonds is 2. The van der Waals surface area contributed by atoms with E-state index in [2.05, 4.69) is 4.79 Å². The summed E-state index contributed by atoms with van der Waals surface area (Å²) < 4.78 is 8.88. The maximum atomic E-state index is 10.5. The van der Waals surface area contributed by atoms with Crippen molar-refractivity contribution >= 4 is 19.2 Å². The molecule has 1 rings (SSSR count). The number of nitro groups is 1. The molecule has 0 amide bonds. The average Bonchev–Trinajstić information content (AvgIpc) is 2.25. The third-order valence-electron chi connectivity index (χ3n) is 1.64. The predicted octanol–water partition coefficient (Wildman–Crippen LogP) is 0.705. The maximum Gasteiger partial charge on any atom is 0.466 e. The van der Waals surface area contributed by atoms with E-state index in [1.165, 1.54) is 19.1 Å². The number of phosphoric acid groups is 1. The molecule has 0 unspecified atom stereocenters. The van der Waals surface area contributed by atoms with Gasteiger partial charge in [-0.15, -0.1) is 0 Å². The molecule has 9 nitrogen and oxygen atoms in total. The third kappa shape index (κ3) is 6.64. The summed E-state index contributed by atoms with van der Waals surface area (Å²) in [6.45, 7) is 1.50. The third-order valence-corrected chi connectivity index (χ3v) is 1.64. The first kappa shape index (κ1) is 16.1. The van der Waals surface area contributed by atoms with Crippen LogP contribution in [0.4, 0.5) is 5.69 Å². The second-order valence-electron chi connectivity index (χ2n) is 2.97. The topological polar surface area (TPSA) is 157 Å².